The molecule has 1 aromatic heterocycles. The van der Waals surface area contributed by atoms with Crippen LogP contribution < -0.4 is 0 Å². The average Bonchev–Trinajstić information content (AvgIpc) is 2.65. The van der Waals surface area contributed by atoms with Crippen molar-refractivity contribution >= 4 is 16.7 Å². The van der Waals surface area contributed by atoms with Crippen LogP contribution in [0, 0.1) is 13.8 Å². The standard InChI is InChI=1S/C14H17NO2/c1-9-4-5-10(2)14-13(9)12(11(3)17)8-15(14)6-7-16/h4-5,8,16H,6-7H2,1-3H3. The Morgan fingerprint density at radius 1 is 1.29 bits per heavy atom. The number of Topliss-reactive ketones (excluding diaryl/α,β-unsaturated/α-hetero) is 1. The molecule has 3 heteroatoms. The van der Waals surface area contributed by atoms with Gasteiger partial charge in [0.25, 0.3) is 0 Å². The third-order valence-electron chi connectivity index (χ3n) is 3.15. The number of aliphatic hydroxyl groups excluding tert-OH is 1. The summed E-state index contributed by atoms with van der Waals surface area (Å²) in [4.78, 5) is 11.7. The lowest BCUT2D eigenvalue weighted by Gasteiger charge is -2.06. The zero-order valence-electron chi connectivity index (χ0n) is 10.4. The van der Waals surface area contributed by atoms with Gasteiger partial charge < -0.3 is 9.67 Å². The maximum Gasteiger partial charge on any atom is 0.161 e. The van der Waals surface area contributed by atoms with Gasteiger partial charge in [-0.15, -0.1) is 0 Å². The molecule has 0 saturated carbocycles. The van der Waals surface area contributed by atoms with E-state index in [2.05, 4.69) is 6.07 Å². The highest BCUT2D eigenvalue weighted by atomic mass is 16.3. The summed E-state index contributed by atoms with van der Waals surface area (Å²) in [5.74, 6) is 0.0698. The summed E-state index contributed by atoms with van der Waals surface area (Å²) in [6, 6.07) is 4.09. The van der Waals surface area contributed by atoms with Gasteiger partial charge in [0.05, 0.1) is 12.1 Å². The minimum absolute atomic E-state index is 0.0698. The highest BCUT2D eigenvalue weighted by molar-refractivity contribution is 6.08. The molecule has 0 aliphatic heterocycles. The fourth-order valence-corrected chi connectivity index (χ4v) is 2.34. The van der Waals surface area contributed by atoms with Gasteiger partial charge in [0, 0.05) is 23.7 Å². The van der Waals surface area contributed by atoms with Crippen molar-refractivity contribution in [3.8, 4) is 0 Å². The molecule has 0 aliphatic carbocycles. The molecule has 0 atom stereocenters. The molecule has 0 saturated heterocycles. The molecule has 0 bridgehead atoms. The maximum atomic E-state index is 11.7. The number of carbonyl (C=O) groups is 1. The summed E-state index contributed by atoms with van der Waals surface area (Å²) in [6.45, 7) is 6.22. The van der Waals surface area contributed by atoms with E-state index in [4.69, 9.17) is 5.11 Å². The van der Waals surface area contributed by atoms with Gasteiger partial charge in [-0.2, -0.15) is 0 Å². The number of hydrogen-bond donors (Lipinski definition) is 1. The second-order valence-electron chi connectivity index (χ2n) is 4.44. The van der Waals surface area contributed by atoms with E-state index in [1.807, 2.05) is 30.7 Å². The molecule has 0 amide bonds. The van der Waals surface area contributed by atoms with E-state index in [9.17, 15) is 4.79 Å². The van der Waals surface area contributed by atoms with Crippen molar-refractivity contribution in [3.05, 3.63) is 35.0 Å². The van der Waals surface area contributed by atoms with Crippen LogP contribution in [0.25, 0.3) is 10.9 Å². The lowest BCUT2D eigenvalue weighted by atomic mass is 10.0. The molecule has 0 radical (unpaired) electrons. The Morgan fingerprint density at radius 3 is 2.53 bits per heavy atom. The molecular formula is C14H17NO2. The van der Waals surface area contributed by atoms with Crippen molar-refractivity contribution in [2.45, 2.75) is 27.3 Å². The van der Waals surface area contributed by atoms with Gasteiger partial charge in [0.15, 0.2) is 5.78 Å². The fourth-order valence-electron chi connectivity index (χ4n) is 2.34. The van der Waals surface area contributed by atoms with Crippen LogP contribution in [0.3, 0.4) is 0 Å². The summed E-state index contributed by atoms with van der Waals surface area (Å²) >= 11 is 0. The number of fused-ring (bicyclic) bond motifs is 1. The Morgan fingerprint density at radius 2 is 1.94 bits per heavy atom. The summed E-state index contributed by atoms with van der Waals surface area (Å²) in [5.41, 5.74) is 4.04. The van der Waals surface area contributed by atoms with Crippen molar-refractivity contribution in [2.24, 2.45) is 0 Å². The van der Waals surface area contributed by atoms with Crippen LogP contribution in [-0.2, 0) is 6.54 Å². The third kappa shape index (κ3) is 1.87. The number of hydrogen-bond acceptors (Lipinski definition) is 2. The molecule has 2 rings (SSSR count). The van der Waals surface area contributed by atoms with E-state index in [1.54, 1.807) is 6.92 Å². The van der Waals surface area contributed by atoms with Crippen LogP contribution >= 0.6 is 0 Å². The molecule has 17 heavy (non-hydrogen) atoms. The predicted octanol–water partition coefficient (Wildman–Crippen LogP) is 2.45. The van der Waals surface area contributed by atoms with Crippen LogP contribution in [0.2, 0.25) is 0 Å². The van der Waals surface area contributed by atoms with Crippen LogP contribution in [0.15, 0.2) is 18.3 Å². The Bertz CT molecular complexity index is 581. The number of aliphatic hydroxyl groups is 1. The second kappa shape index (κ2) is 4.34. The smallest absolute Gasteiger partial charge is 0.161 e. The van der Waals surface area contributed by atoms with Crippen molar-refractivity contribution in [2.75, 3.05) is 6.61 Å². The normalized spacial score (nSPS) is 11.1. The van der Waals surface area contributed by atoms with E-state index in [0.29, 0.717) is 6.54 Å². The summed E-state index contributed by atoms with van der Waals surface area (Å²) in [6.07, 6.45) is 1.85. The first-order valence-corrected chi connectivity index (χ1v) is 5.77. The topological polar surface area (TPSA) is 42.2 Å². The van der Waals surface area contributed by atoms with Crippen LogP contribution in [0.1, 0.15) is 28.4 Å². The van der Waals surface area contributed by atoms with Gasteiger partial charge >= 0.3 is 0 Å². The van der Waals surface area contributed by atoms with Gasteiger partial charge in [-0.1, -0.05) is 12.1 Å². The van der Waals surface area contributed by atoms with Crippen molar-refractivity contribution in [1.82, 2.24) is 4.57 Å². The number of aryl methyl sites for hydroxylation is 2. The molecule has 0 unspecified atom stereocenters. The van der Waals surface area contributed by atoms with Crippen LogP contribution in [-0.4, -0.2) is 22.1 Å². The molecule has 0 fully saturated rings. The lowest BCUT2D eigenvalue weighted by Crippen LogP contribution is -2.01. The lowest BCUT2D eigenvalue weighted by molar-refractivity contribution is 0.101. The highest BCUT2D eigenvalue weighted by Crippen LogP contribution is 2.28. The minimum atomic E-state index is 0.0698. The van der Waals surface area contributed by atoms with E-state index in [1.165, 1.54) is 0 Å². The van der Waals surface area contributed by atoms with Crippen molar-refractivity contribution < 1.29 is 9.90 Å². The largest absolute Gasteiger partial charge is 0.395 e. The third-order valence-corrected chi connectivity index (χ3v) is 3.15. The molecule has 1 N–H and O–H groups in total. The maximum absolute atomic E-state index is 11.7. The Labute approximate surface area is 101 Å². The number of benzene rings is 1. The Kier molecular flexibility index (Phi) is 3.03. The first kappa shape index (κ1) is 11.9. The monoisotopic (exact) mass is 231 g/mol. The van der Waals surface area contributed by atoms with Crippen molar-refractivity contribution in [1.29, 1.82) is 0 Å². The first-order chi connectivity index (χ1) is 8.06. The number of aromatic nitrogens is 1. The first-order valence-electron chi connectivity index (χ1n) is 5.77. The molecule has 3 nitrogen and oxygen atoms in total. The molecule has 0 spiro atoms. The Balaban J connectivity index is 2.85. The van der Waals surface area contributed by atoms with Crippen LogP contribution in [0.4, 0.5) is 0 Å². The van der Waals surface area contributed by atoms with E-state index in [-0.39, 0.29) is 12.4 Å². The molecular weight excluding hydrogens is 214 g/mol. The zero-order chi connectivity index (χ0) is 12.6. The van der Waals surface area contributed by atoms with Gasteiger partial charge in [0.2, 0.25) is 0 Å². The van der Waals surface area contributed by atoms with E-state index >= 15 is 0 Å². The van der Waals surface area contributed by atoms with Crippen molar-refractivity contribution in [3.63, 3.8) is 0 Å². The summed E-state index contributed by atoms with van der Waals surface area (Å²) in [5, 5.41) is 10.1. The highest BCUT2D eigenvalue weighted by Gasteiger charge is 2.15. The predicted molar refractivity (Wildman–Crippen MR) is 68.5 cm³/mol. The molecule has 1 aromatic carbocycles. The van der Waals surface area contributed by atoms with Gasteiger partial charge in [-0.25, -0.2) is 0 Å². The number of rotatable bonds is 3. The van der Waals surface area contributed by atoms with Crippen LogP contribution in [0.5, 0.6) is 0 Å². The van der Waals surface area contributed by atoms with Gasteiger partial charge in [-0.3, -0.25) is 4.79 Å². The number of carbonyl (C=O) groups excluding carboxylic acids is 1. The SMILES string of the molecule is CC(=O)c1cn(CCO)c2c(C)ccc(C)c12. The summed E-state index contributed by atoms with van der Waals surface area (Å²) in [7, 11) is 0. The fraction of sp³-hybridized carbons (Fsp3) is 0.357. The summed E-state index contributed by atoms with van der Waals surface area (Å²) < 4.78 is 1.97. The average molecular weight is 231 g/mol. The number of ketones is 1. The molecule has 2 aromatic rings. The van der Waals surface area contributed by atoms with Gasteiger partial charge in [0.1, 0.15) is 0 Å². The van der Waals surface area contributed by atoms with E-state index < -0.39 is 0 Å². The zero-order valence-corrected chi connectivity index (χ0v) is 10.4. The quantitative estimate of drug-likeness (QED) is 0.824. The van der Waals surface area contributed by atoms with Gasteiger partial charge in [-0.05, 0) is 31.9 Å². The number of nitrogens with zero attached hydrogens (tertiary/aromatic N) is 1. The molecule has 0 aliphatic rings. The van der Waals surface area contributed by atoms with E-state index in [0.717, 1.165) is 27.6 Å². The Hall–Kier alpha value is -1.61. The second-order valence-corrected chi connectivity index (χ2v) is 4.44. The molecule has 90 valence electrons. The minimum Gasteiger partial charge on any atom is -0.395 e. The molecule has 1 heterocycles.